The molecule has 2 aromatic heterocycles. The molecule has 0 atom stereocenters. The molecule has 4 nitrogen and oxygen atoms in total. The van der Waals surface area contributed by atoms with Crippen LogP contribution < -0.4 is 5.32 Å². The fraction of sp³-hybridized carbons (Fsp3) is 0.533. The van der Waals surface area contributed by atoms with E-state index in [9.17, 15) is 4.79 Å². The van der Waals surface area contributed by atoms with Crippen LogP contribution in [0.4, 0.5) is 5.13 Å². The highest BCUT2D eigenvalue weighted by Crippen LogP contribution is 2.24. The first-order valence-electron chi connectivity index (χ1n) is 7.37. The Morgan fingerprint density at radius 3 is 2.71 bits per heavy atom. The number of nitrogens with one attached hydrogen (secondary N) is 1. The molecular formula is C15H21N3OS2. The SMILES string of the molecule is CCCCCc1nnc(NC(=O)c2cc(C)c(CC)s2)s1. The number of carbonyl (C=O) groups excluding carboxylic acids is 1. The third kappa shape index (κ3) is 4.35. The van der Waals surface area contributed by atoms with Gasteiger partial charge in [-0.15, -0.1) is 21.5 Å². The van der Waals surface area contributed by atoms with Crippen molar-refractivity contribution in [1.82, 2.24) is 10.2 Å². The Labute approximate surface area is 133 Å². The van der Waals surface area contributed by atoms with Crippen molar-refractivity contribution in [3.8, 4) is 0 Å². The first-order valence-corrected chi connectivity index (χ1v) is 9.00. The zero-order valence-electron chi connectivity index (χ0n) is 12.7. The molecule has 2 aromatic rings. The molecule has 0 bridgehead atoms. The molecule has 0 aromatic carbocycles. The lowest BCUT2D eigenvalue weighted by atomic mass is 10.2. The zero-order valence-corrected chi connectivity index (χ0v) is 14.4. The van der Waals surface area contributed by atoms with Crippen LogP contribution >= 0.6 is 22.7 Å². The number of thiophene rings is 1. The van der Waals surface area contributed by atoms with Gasteiger partial charge in [-0.1, -0.05) is 38.0 Å². The number of aromatic nitrogens is 2. The minimum Gasteiger partial charge on any atom is -0.296 e. The standard InChI is InChI=1S/C15H21N3OS2/c1-4-6-7-8-13-17-18-15(21-13)16-14(19)12-9-10(3)11(5-2)20-12/h9H,4-8H2,1-3H3,(H,16,18,19). The number of anilines is 1. The van der Waals surface area contributed by atoms with Gasteiger partial charge in [0.2, 0.25) is 5.13 Å². The number of carbonyl (C=O) groups is 1. The predicted octanol–water partition coefficient (Wildman–Crippen LogP) is 4.46. The quantitative estimate of drug-likeness (QED) is 0.766. The number of hydrogen-bond acceptors (Lipinski definition) is 5. The Bertz CT molecular complexity index is 604. The van der Waals surface area contributed by atoms with Gasteiger partial charge in [-0.05, 0) is 31.4 Å². The Kier molecular flexibility index (Phi) is 5.87. The largest absolute Gasteiger partial charge is 0.296 e. The lowest BCUT2D eigenvalue weighted by molar-refractivity contribution is 0.103. The van der Waals surface area contributed by atoms with E-state index in [1.165, 1.54) is 34.6 Å². The number of unbranched alkanes of at least 4 members (excludes halogenated alkanes) is 2. The lowest BCUT2D eigenvalue weighted by Crippen LogP contribution is -2.09. The van der Waals surface area contributed by atoms with E-state index < -0.39 is 0 Å². The van der Waals surface area contributed by atoms with E-state index in [1.54, 1.807) is 11.3 Å². The van der Waals surface area contributed by atoms with Crippen LogP contribution in [0.2, 0.25) is 0 Å². The second kappa shape index (κ2) is 7.66. The average molecular weight is 323 g/mol. The highest BCUT2D eigenvalue weighted by atomic mass is 32.1. The molecule has 0 aliphatic rings. The minimum atomic E-state index is -0.0842. The summed E-state index contributed by atoms with van der Waals surface area (Å²) in [4.78, 5) is 14.2. The summed E-state index contributed by atoms with van der Waals surface area (Å²) in [7, 11) is 0. The molecule has 2 rings (SSSR count). The van der Waals surface area contributed by atoms with Gasteiger partial charge < -0.3 is 0 Å². The number of nitrogens with zero attached hydrogens (tertiary/aromatic N) is 2. The van der Waals surface area contributed by atoms with Crippen LogP contribution in [0.25, 0.3) is 0 Å². The smallest absolute Gasteiger partial charge is 0.267 e. The maximum Gasteiger partial charge on any atom is 0.267 e. The highest BCUT2D eigenvalue weighted by Gasteiger charge is 2.14. The molecule has 2 heterocycles. The Balaban J connectivity index is 1.95. The molecule has 0 aliphatic heterocycles. The maximum absolute atomic E-state index is 12.2. The fourth-order valence-electron chi connectivity index (χ4n) is 2.07. The van der Waals surface area contributed by atoms with Crippen LogP contribution in [-0.4, -0.2) is 16.1 Å². The van der Waals surface area contributed by atoms with Crippen LogP contribution in [0.3, 0.4) is 0 Å². The van der Waals surface area contributed by atoms with Crippen molar-refractivity contribution in [2.24, 2.45) is 0 Å². The van der Waals surface area contributed by atoms with E-state index in [4.69, 9.17) is 0 Å². The van der Waals surface area contributed by atoms with Gasteiger partial charge in [0.1, 0.15) is 5.01 Å². The molecule has 0 saturated heterocycles. The Morgan fingerprint density at radius 2 is 2.05 bits per heavy atom. The molecule has 0 saturated carbocycles. The second-order valence-corrected chi connectivity index (χ2v) is 7.18. The van der Waals surface area contributed by atoms with Gasteiger partial charge in [0.25, 0.3) is 5.91 Å². The zero-order chi connectivity index (χ0) is 15.2. The summed E-state index contributed by atoms with van der Waals surface area (Å²) in [5, 5.41) is 12.6. The summed E-state index contributed by atoms with van der Waals surface area (Å²) in [5.41, 5.74) is 1.19. The number of hydrogen-bond donors (Lipinski definition) is 1. The van der Waals surface area contributed by atoms with Gasteiger partial charge in [0.15, 0.2) is 0 Å². The van der Waals surface area contributed by atoms with Crippen LogP contribution in [0.5, 0.6) is 0 Å². The Hall–Kier alpha value is -1.27. The molecule has 6 heteroatoms. The van der Waals surface area contributed by atoms with Crippen molar-refractivity contribution >= 4 is 33.7 Å². The van der Waals surface area contributed by atoms with Crippen molar-refractivity contribution in [3.05, 3.63) is 26.4 Å². The molecule has 0 unspecified atom stereocenters. The lowest BCUT2D eigenvalue weighted by Gasteiger charge is -1.97. The molecule has 0 radical (unpaired) electrons. The van der Waals surface area contributed by atoms with E-state index >= 15 is 0 Å². The first kappa shape index (κ1) is 16.1. The van der Waals surface area contributed by atoms with E-state index in [2.05, 4.69) is 29.4 Å². The topological polar surface area (TPSA) is 54.9 Å². The van der Waals surface area contributed by atoms with Crippen molar-refractivity contribution in [2.75, 3.05) is 5.32 Å². The summed E-state index contributed by atoms with van der Waals surface area (Å²) < 4.78 is 0. The Morgan fingerprint density at radius 1 is 1.24 bits per heavy atom. The summed E-state index contributed by atoms with van der Waals surface area (Å²) in [6.07, 6.45) is 5.43. The van der Waals surface area contributed by atoms with Crippen LogP contribution in [0, 0.1) is 6.92 Å². The van der Waals surface area contributed by atoms with E-state index in [0.29, 0.717) is 5.13 Å². The first-order chi connectivity index (χ1) is 10.1. The minimum absolute atomic E-state index is 0.0842. The van der Waals surface area contributed by atoms with Crippen LogP contribution in [-0.2, 0) is 12.8 Å². The molecule has 0 aliphatic carbocycles. The summed E-state index contributed by atoms with van der Waals surface area (Å²) in [5.74, 6) is -0.0842. The molecular weight excluding hydrogens is 302 g/mol. The molecule has 0 spiro atoms. The van der Waals surface area contributed by atoms with Gasteiger partial charge in [-0.2, -0.15) is 0 Å². The molecule has 21 heavy (non-hydrogen) atoms. The number of rotatable bonds is 7. The van der Waals surface area contributed by atoms with Crippen molar-refractivity contribution in [3.63, 3.8) is 0 Å². The second-order valence-electron chi connectivity index (χ2n) is 4.98. The summed E-state index contributed by atoms with van der Waals surface area (Å²) in [6.45, 7) is 6.33. The highest BCUT2D eigenvalue weighted by molar-refractivity contribution is 7.16. The van der Waals surface area contributed by atoms with E-state index in [0.717, 1.165) is 29.1 Å². The van der Waals surface area contributed by atoms with Crippen molar-refractivity contribution < 1.29 is 4.79 Å². The van der Waals surface area contributed by atoms with Gasteiger partial charge in [0, 0.05) is 11.3 Å². The van der Waals surface area contributed by atoms with E-state index in [1.807, 2.05) is 13.0 Å². The normalized spacial score (nSPS) is 10.8. The number of amides is 1. The molecule has 1 N–H and O–H groups in total. The fourth-order valence-corrected chi connectivity index (χ4v) is 3.86. The van der Waals surface area contributed by atoms with E-state index in [-0.39, 0.29) is 5.91 Å². The average Bonchev–Trinajstić information content (AvgIpc) is 3.05. The van der Waals surface area contributed by atoms with Crippen molar-refractivity contribution in [1.29, 1.82) is 0 Å². The van der Waals surface area contributed by atoms with Gasteiger partial charge in [-0.3, -0.25) is 10.1 Å². The number of aryl methyl sites for hydroxylation is 3. The van der Waals surface area contributed by atoms with Crippen LogP contribution in [0.15, 0.2) is 6.07 Å². The van der Waals surface area contributed by atoms with Gasteiger partial charge >= 0.3 is 0 Å². The monoisotopic (exact) mass is 323 g/mol. The predicted molar refractivity (Wildman–Crippen MR) is 89.5 cm³/mol. The third-order valence-electron chi connectivity index (χ3n) is 3.25. The third-order valence-corrected chi connectivity index (χ3v) is 5.53. The summed E-state index contributed by atoms with van der Waals surface area (Å²) in [6, 6.07) is 1.95. The van der Waals surface area contributed by atoms with Crippen LogP contribution in [0.1, 0.15) is 58.2 Å². The molecule has 1 amide bonds. The van der Waals surface area contributed by atoms with Crippen molar-refractivity contribution in [2.45, 2.75) is 52.9 Å². The summed E-state index contributed by atoms with van der Waals surface area (Å²) >= 11 is 3.03. The maximum atomic E-state index is 12.2. The molecule has 114 valence electrons. The van der Waals surface area contributed by atoms with Gasteiger partial charge in [0.05, 0.1) is 4.88 Å². The molecule has 0 fully saturated rings. The van der Waals surface area contributed by atoms with Gasteiger partial charge in [-0.25, -0.2) is 0 Å².